The maximum Gasteiger partial charge on any atom is 0.234 e. The number of carbonyl (C=O) groups is 1. The van der Waals surface area contributed by atoms with Crippen molar-refractivity contribution in [3.8, 4) is 0 Å². The van der Waals surface area contributed by atoms with Gasteiger partial charge in [0.05, 0.1) is 6.54 Å². The minimum atomic E-state index is -0.174. The Morgan fingerprint density at radius 2 is 2.27 bits per heavy atom. The highest BCUT2D eigenvalue weighted by Crippen LogP contribution is 1.97. The van der Waals surface area contributed by atoms with Crippen LogP contribution < -0.4 is 10.6 Å². The zero-order chi connectivity index (χ0) is 11.3. The molecule has 0 saturated heterocycles. The highest BCUT2D eigenvalue weighted by Gasteiger charge is 2.12. The summed E-state index contributed by atoms with van der Waals surface area (Å²) in [5.74, 6) is 0.00187. The van der Waals surface area contributed by atoms with Gasteiger partial charge in [0.25, 0.3) is 0 Å². The lowest BCUT2D eigenvalue weighted by atomic mass is 10.1. The van der Waals surface area contributed by atoms with E-state index in [0.717, 1.165) is 5.69 Å². The first-order valence-electron chi connectivity index (χ1n) is 4.97. The predicted octanol–water partition coefficient (Wildman–Crippen LogP) is 0.414. The van der Waals surface area contributed by atoms with E-state index < -0.39 is 0 Å². The van der Waals surface area contributed by atoms with E-state index in [1.54, 1.807) is 6.20 Å². The van der Waals surface area contributed by atoms with Crippen LogP contribution in [0.15, 0.2) is 12.3 Å². The second-order valence-corrected chi connectivity index (χ2v) is 4.48. The van der Waals surface area contributed by atoms with Crippen LogP contribution in [0.3, 0.4) is 0 Å². The van der Waals surface area contributed by atoms with Gasteiger partial charge in [-0.2, -0.15) is 5.10 Å². The summed E-state index contributed by atoms with van der Waals surface area (Å²) in [6.07, 6.45) is 1.69. The van der Waals surface area contributed by atoms with Gasteiger partial charge < -0.3 is 10.6 Å². The van der Waals surface area contributed by atoms with Crippen LogP contribution in [0, 0.1) is 0 Å². The van der Waals surface area contributed by atoms with Crippen molar-refractivity contribution in [2.45, 2.75) is 32.9 Å². The Hall–Kier alpha value is -1.36. The number of nitrogens with zero attached hydrogens (tertiary/aromatic N) is 1. The highest BCUT2D eigenvalue weighted by atomic mass is 16.2. The molecule has 0 bridgehead atoms. The summed E-state index contributed by atoms with van der Waals surface area (Å²) >= 11 is 0. The lowest BCUT2D eigenvalue weighted by Crippen LogP contribution is -2.44. The Morgan fingerprint density at radius 3 is 2.80 bits per heavy atom. The normalized spacial score (nSPS) is 11.4. The van der Waals surface area contributed by atoms with E-state index in [2.05, 4.69) is 20.8 Å². The summed E-state index contributed by atoms with van der Waals surface area (Å²) < 4.78 is 0. The molecular weight excluding hydrogens is 192 g/mol. The first-order chi connectivity index (χ1) is 6.97. The number of carbonyl (C=O) groups excluding carboxylic acids is 1. The molecule has 0 atom stereocenters. The fraction of sp³-hybridized carbons (Fsp3) is 0.600. The van der Waals surface area contributed by atoms with E-state index in [1.165, 1.54) is 0 Å². The molecule has 0 saturated carbocycles. The summed E-state index contributed by atoms with van der Waals surface area (Å²) in [5.41, 5.74) is 0.797. The lowest BCUT2D eigenvalue weighted by Gasteiger charge is -2.20. The summed E-state index contributed by atoms with van der Waals surface area (Å²) in [6.45, 7) is 6.81. The van der Waals surface area contributed by atoms with Crippen LogP contribution in [-0.2, 0) is 11.3 Å². The van der Waals surface area contributed by atoms with Crippen molar-refractivity contribution in [1.82, 2.24) is 20.8 Å². The Bertz CT molecular complexity index is 300. The van der Waals surface area contributed by atoms with Crippen molar-refractivity contribution in [1.29, 1.82) is 0 Å². The van der Waals surface area contributed by atoms with Gasteiger partial charge in [-0.25, -0.2) is 0 Å². The first kappa shape index (κ1) is 11.7. The zero-order valence-electron chi connectivity index (χ0n) is 9.42. The van der Waals surface area contributed by atoms with Gasteiger partial charge in [0.2, 0.25) is 5.91 Å². The largest absolute Gasteiger partial charge is 0.350 e. The van der Waals surface area contributed by atoms with Gasteiger partial charge >= 0.3 is 0 Å². The number of H-pyrrole nitrogens is 1. The summed E-state index contributed by atoms with van der Waals surface area (Å²) in [7, 11) is 0. The van der Waals surface area contributed by atoms with Crippen molar-refractivity contribution < 1.29 is 4.79 Å². The van der Waals surface area contributed by atoms with Gasteiger partial charge in [-0.05, 0) is 26.8 Å². The molecule has 84 valence electrons. The smallest absolute Gasteiger partial charge is 0.234 e. The van der Waals surface area contributed by atoms with Gasteiger partial charge in [-0.1, -0.05) is 0 Å². The molecule has 1 rings (SSSR count). The molecule has 0 unspecified atom stereocenters. The molecule has 3 N–H and O–H groups in total. The molecule has 15 heavy (non-hydrogen) atoms. The fourth-order valence-electron chi connectivity index (χ4n) is 1.16. The monoisotopic (exact) mass is 210 g/mol. The Balaban J connectivity index is 2.18. The molecule has 0 aromatic carbocycles. The fourth-order valence-corrected chi connectivity index (χ4v) is 1.16. The summed E-state index contributed by atoms with van der Waals surface area (Å²) in [5, 5.41) is 12.5. The summed E-state index contributed by atoms with van der Waals surface area (Å²) in [6, 6.07) is 1.87. The molecule has 1 aromatic rings. The second kappa shape index (κ2) is 4.93. The van der Waals surface area contributed by atoms with Gasteiger partial charge in [0, 0.05) is 24.0 Å². The number of rotatable bonds is 4. The second-order valence-electron chi connectivity index (χ2n) is 4.48. The number of nitrogens with one attached hydrogen (secondary N) is 3. The van der Waals surface area contributed by atoms with Crippen LogP contribution >= 0.6 is 0 Å². The molecule has 0 aliphatic rings. The van der Waals surface area contributed by atoms with E-state index in [-0.39, 0.29) is 11.4 Å². The maximum atomic E-state index is 11.4. The molecule has 1 amide bonds. The SMILES string of the molecule is CC(C)(C)NC(=O)CNCc1ccn[nH]1. The zero-order valence-corrected chi connectivity index (χ0v) is 9.42. The Morgan fingerprint density at radius 1 is 1.53 bits per heavy atom. The average molecular weight is 210 g/mol. The average Bonchev–Trinajstić information content (AvgIpc) is 2.53. The number of amides is 1. The van der Waals surface area contributed by atoms with Crippen molar-refractivity contribution in [2.75, 3.05) is 6.54 Å². The maximum absolute atomic E-state index is 11.4. The van der Waals surface area contributed by atoms with Crippen molar-refractivity contribution in [3.63, 3.8) is 0 Å². The third kappa shape index (κ3) is 5.17. The predicted molar refractivity (Wildman–Crippen MR) is 58.2 cm³/mol. The quantitative estimate of drug-likeness (QED) is 0.674. The molecule has 5 heteroatoms. The third-order valence-electron chi connectivity index (χ3n) is 1.67. The van der Waals surface area contributed by atoms with Crippen LogP contribution in [0.2, 0.25) is 0 Å². The first-order valence-corrected chi connectivity index (χ1v) is 4.97. The van der Waals surface area contributed by atoms with Crippen LogP contribution in [0.25, 0.3) is 0 Å². The summed E-state index contributed by atoms with van der Waals surface area (Å²) in [4.78, 5) is 11.4. The molecule has 1 aromatic heterocycles. The molecule has 5 nitrogen and oxygen atoms in total. The minimum absolute atomic E-state index is 0.00187. The molecule has 0 spiro atoms. The van der Waals surface area contributed by atoms with Crippen LogP contribution in [0.1, 0.15) is 26.5 Å². The number of hydrogen-bond acceptors (Lipinski definition) is 3. The van der Waals surface area contributed by atoms with Gasteiger partial charge in [-0.15, -0.1) is 0 Å². The standard InChI is InChI=1S/C10H18N4O/c1-10(2,3)13-9(15)7-11-6-8-4-5-12-14-8/h4-5,11H,6-7H2,1-3H3,(H,12,14)(H,13,15). The minimum Gasteiger partial charge on any atom is -0.350 e. The van der Waals surface area contributed by atoms with E-state index >= 15 is 0 Å². The van der Waals surface area contributed by atoms with Gasteiger partial charge in [0.15, 0.2) is 0 Å². The molecular formula is C10H18N4O. The van der Waals surface area contributed by atoms with E-state index in [4.69, 9.17) is 0 Å². The molecule has 0 radical (unpaired) electrons. The number of aromatic nitrogens is 2. The van der Waals surface area contributed by atoms with Crippen molar-refractivity contribution >= 4 is 5.91 Å². The topological polar surface area (TPSA) is 69.8 Å². The molecule has 0 fully saturated rings. The number of aromatic amines is 1. The van der Waals surface area contributed by atoms with Gasteiger partial charge in [-0.3, -0.25) is 9.89 Å². The van der Waals surface area contributed by atoms with Crippen LogP contribution in [0.4, 0.5) is 0 Å². The van der Waals surface area contributed by atoms with Crippen molar-refractivity contribution in [2.24, 2.45) is 0 Å². The highest BCUT2D eigenvalue weighted by molar-refractivity contribution is 5.78. The molecule has 1 heterocycles. The Kier molecular flexibility index (Phi) is 3.85. The van der Waals surface area contributed by atoms with E-state index in [0.29, 0.717) is 13.1 Å². The molecule has 0 aliphatic heterocycles. The van der Waals surface area contributed by atoms with Crippen LogP contribution in [0.5, 0.6) is 0 Å². The number of hydrogen-bond donors (Lipinski definition) is 3. The van der Waals surface area contributed by atoms with Gasteiger partial charge in [0.1, 0.15) is 0 Å². The lowest BCUT2D eigenvalue weighted by molar-refractivity contribution is -0.121. The third-order valence-corrected chi connectivity index (χ3v) is 1.67. The van der Waals surface area contributed by atoms with Crippen molar-refractivity contribution in [3.05, 3.63) is 18.0 Å². The van der Waals surface area contributed by atoms with Crippen LogP contribution in [-0.4, -0.2) is 28.2 Å². The Labute approximate surface area is 89.6 Å². The van der Waals surface area contributed by atoms with E-state index in [9.17, 15) is 4.79 Å². The van der Waals surface area contributed by atoms with E-state index in [1.807, 2.05) is 26.8 Å². The molecule has 0 aliphatic carbocycles.